The molecule has 7 nitrogen and oxygen atoms in total. The van der Waals surface area contributed by atoms with Crippen molar-refractivity contribution in [2.75, 3.05) is 31.6 Å². The summed E-state index contributed by atoms with van der Waals surface area (Å²) in [5, 5.41) is 9.11. The van der Waals surface area contributed by atoms with Gasteiger partial charge in [0.05, 0.1) is 13.3 Å². The van der Waals surface area contributed by atoms with E-state index in [1.807, 2.05) is 6.92 Å². The number of piperazine rings is 1. The second kappa shape index (κ2) is 5.38. The molecule has 1 atom stereocenters. The van der Waals surface area contributed by atoms with Crippen LogP contribution in [0.25, 0.3) is 0 Å². The fourth-order valence-electron chi connectivity index (χ4n) is 2.76. The van der Waals surface area contributed by atoms with E-state index in [-0.39, 0.29) is 6.04 Å². The molecule has 2 fully saturated rings. The Balaban J connectivity index is 1.77. The molecular formula is C14H20N4O3. The molecule has 114 valence electrons. The van der Waals surface area contributed by atoms with Gasteiger partial charge in [0.15, 0.2) is 5.82 Å². The summed E-state index contributed by atoms with van der Waals surface area (Å²) in [6, 6.07) is -0.0628. The summed E-state index contributed by atoms with van der Waals surface area (Å²) in [4.78, 5) is 23.7. The first kappa shape index (κ1) is 13.9. The standard InChI is InChI=1S/C14H20N4O3/c1-9-8-17(5-6-18(9)14(19)20)11-7-15-12(10-3-4-10)13(16-11)21-2/h7,9-10H,3-6,8H2,1-2H3,(H,19,20). The van der Waals surface area contributed by atoms with Crippen LogP contribution in [0.1, 0.15) is 31.4 Å². The molecule has 3 rings (SSSR count). The first-order chi connectivity index (χ1) is 10.1. The lowest BCUT2D eigenvalue weighted by Gasteiger charge is -2.38. The van der Waals surface area contributed by atoms with Crippen molar-refractivity contribution in [3.05, 3.63) is 11.9 Å². The van der Waals surface area contributed by atoms with E-state index in [1.165, 1.54) is 4.90 Å². The summed E-state index contributed by atoms with van der Waals surface area (Å²) in [6.45, 7) is 3.62. The van der Waals surface area contributed by atoms with Gasteiger partial charge in [-0.2, -0.15) is 4.98 Å². The highest BCUT2D eigenvalue weighted by molar-refractivity contribution is 5.66. The number of anilines is 1. The molecule has 1 aromatic heterocycles. The number of hydrogen-bond acceptors (Lipinski definition) is 5. The number of aromatic nitrogens is 2. The highest BCUT2D eigenvalue weighted by Crippen LogP contribution is 2.42. The third-order valence-electron chi connectivity index (χ3n) is 4.11. The predicted octanol–water partition coefficient (Wildman–Crippen LogP) is 1.55. The Morgan fingerprint density at radius 3 is 2.76 bits per heavy atom. The molecule has 1 aromatic rings. The van der Waals surface area contributed by atoms with Gasteiger partial charge < -0.3 is 19.6 Å². The summed E-state index contributed by atoms with van der Waals surface area (Å²) in [5.41, 5.74) is 0.943. The van der Waals surface area contributed by atoms with Crippen LogP contribution in [0.3, 0.4) is 0 Å². The molecule has 1 aliphatic heterocycles. The molecule has 1 saturated carbocycles. The number of carbonyl (C=O) groups is 1. The lowest BCUT2D eigenvalue weighted by Crippen LogP contribution is -2.54. The van der Waals surface area contributed by atoms with E-state index in [2.05, 4.69) is 14.9 Å². The smallest absolute Gasteiger partial charge is 0.407 e. The molecule has 1 N–H and O–H groups in total. The zero-order valence-electron chi connectivity index (χ0n) is 12.3. The highest BCUT2D eigenvalue weighted by Gasteiger charge is 2.31. The molecule has 1 amide bonds. The molecule has 0 spiro atoms. The Labute approximate surface area is 123 Å². The average Bonchev–Trinajstić information content (AvgIpc) is 3.30. The van der Waals surface area contributed by atoms with Crippen LogP contribution < -0.4 is 9.64 Å². The Morgan fingerprint density at radius 2 is 2.19 bits per heavy atom. The van der Waals surface area contributed by atoms with Crippen LogP contribution in [0, 0.1) is 0 Å². The number of carboxylic acid groups (broad SMARTS) is 1. The number of ether oxygens (including phenoxy) is 1. The molecule has 1 unspecified atom stereocenters. The van der Waals surface area contributed by atoms with E-state index in [1.54, 1.807) is 13.3 Å². The van der Waals surface area contributed by atoms with Gasteiger partial charge in [0.1, 0.15) is 5.69 Å². The van der Waals surface area contributed by atoms with Crippen molar-refractivity contribution in [1.82, 2.24) is 14.9 Å². The minimum absolute atomic E-state index is 0.0628. The molecule has 1 saturated heterocycles. The van der Waals surface area contributed by atoms with E-state index in [9.17, 15) is 4.79 Å². The molecule has 21 heavy (non-hydrogen) atoms. The zero-order chi connectivity index (χ0) is 15.0. The van der Waals surface area contributed by atoms with Gasteiger partial charge >= 0.3 is 6.09 Å². The van der Waals surface area contributed by atoms with Gasteiger partial charge in [0.25, 0.3) is 0 Å². The van der Waals surface area contributed by atoms with Crippen LogP contribution in [0.15, 0.2) is 6.20 Å². The fraction of sp³-hybridized carbons (Fsp3) is 0.643. The largest absolute Gasteiger partial charge is 0.480 e. The first-order valence-electron chi connectivity index (χ1n) is 7.25. The SMILES string of the molecule is COc1nc(N2CCN(C(=O)O)C(C)C2)cnc1C1CC1. The number of hydrogen-bond donors (Lipinski definition) is 1. The maximum Gasteiger partial charge on any atom is 0.407 e. The minimum Gasteiger partial charge on any atom is -0.480 e. The van der Waals surface area contributed by atoms with Crippen LogP contribution >= 0.6 is 0 Å². The van der Waals surface area contributed by atoms with E-state index in [0.29, 0.717) is 31.4 Å². The van der Waals surface area contributed by atoms with Gasteiger partial charge in [0.2, 0.25) is 5.88 Å². The van der Waals surface area contributed by atoms with Gasteiger partial charge in [-0.15, -0.1) is 0 Å². The van der Waals surface area contributed by atoms with Crippen LogP contribution in [0.2, 0.25) is 0 Å². The van der Waals surface area contributed by atoms with E-state index < -0.39 is 6.09 Å². The fourth-order valence-corrected chi connectivity index (χ4v) is 2.76. The van der Waals surface area contributed by atoms with Crippen molar-refractivity contribution in [3.63, 3.8) is 0 Å². The maximum absolute atomic E-state index is 11.1. The summed E-state index contributed by atoms with van der Waals surface area (Å²) >= 11 is 0. The van der Waals surface area contributed by atoms with Gasteiger partial charge in [-0.05, 0) is 19.8 Å². The van der Waals surface area contributed by atoms with Crippen LogP contribution in [-0.2, 0) is 0 Å². The normalized spacial score (nSPS) is 22.3. The molecule has 7 heteroatoms. The van der Waals surface area contributed by atoms with Gasteiger partial charge in [-0.1, -0.05) is 0 Å². The zero-order valence-corrected chi connectivity index (χ0v) is 12.3. The predicted molar refractivity (Wildman–Crippen MR) is 77.0 cm³/mol. The first-order valence-corrected chi connectivity index (χ1v) is 7.25. The third-order valence-corrected chi connectivity index (χ3v) is 4.11. The molecule has 0 radical (unpaired) electrons. The molecular weight excluding hydrogens is 272 g/mol. The summed E-state index contributed by atoms with van der Waals surface area (Å²) in [5.74, 6) is 1.85. The second-order valence-electron chi connectivity index (χ2n) is 5.67. The van der Waals surface area contributed by atoms with Crippen molar-refractivity contribution >= 4 is 11.9 Å². The lowest BCUT2D eigenvalue weighted by molar-refractivity contribution is 0.122. The van der Waals surface area contributed by atoms with Crippen molar-refractivity contribution in [2.45, 2.75) is 31.7 Å². The molecule has 2 aliphatic rings. The second-order valence-corrected chi connectivity index (χ2v) is 5.67. The van der Waals surface area contributed by atoms with E-state index >= 15 is 0 Å². The highest BCUT2D eigenvalue weighted by atomic mass is 16.5. The molecule has 2 heterocycles. The van der Waals surface area contributed by atoms with E-state index in [4.69, 9.17) is 9.84 Å². The van der Waals surface area contributed by atoms with Gasteiger partial charge in [0, 0.05) is 31.6 Å². The van der Waals surface area contributed by atoms with Crippen LogP contribution in [0.4, 0.5) is 10.6 Å². The monoisotopic (exact) mass is 292 g/mol. The maximum atomic E-state index is 11.1. The lowest BCUT2D eigenvalue weighted by atomic mass is 10.2. The Kier molecular flexibility index (Phi) is 3.57. The van der Waals surface area contributed by atoms with Crippen molar-refractivity contribution in [3.8, 4) is 5.88 Å². The van der Waals surface area contributed by atoms with Crippen molar-refractivity contribution in [2.24, 2.45) is 0 Å². The third kappa shape index (κ3) is 2.72. The van der Waals surface area contributed by atoms with Gasteiger partial charge in [-0.3, -0.25) is 4.98 Å². The topological polar surface area (TPSA) is 78.8 Å². The Morgan fingerprint density at radius 1 is 1.43 bits per heavy atom. The van der Waals surface area contributed by atoms with Crippen molar-refractivity contribution in [1.29, 1.82) is 0 Å². The van der Waals surface area contributed by atoms with E-state index in [0.717, 1.165) is 24.4 Å². The molecule has 0 aromatic carbocycles. The van der Waals surface area contributed by atoms with Crippen molar-refractivity contribution < 1.29 is 14.6 Å². The number of methoxy groups -OCH3 is 1. The number of nitrogens with zero attached hydrogens (tertiary/aromatic N) is 4. The Hall–Kier alpha value is -2.05. The number of rotatable bonds is 3. The summed E-state index contributed by atoms with van der Waals surface area (Å²) < 4.78 is 5.36. The minimum atomic E-state index is -0.866. The van der Waals surface area contributed by atoms with Crippen LogP contribution in [-0.4, -0.2) is 58.9 Å². The average molecular weight is 292 g/mol. The molecule has 0 bridgehead atoms. The number of amides is 1. The van der Waals surface area contributed by atoms with Gasteiger partial charge in [-0.25, -0.2) is 4.79 Å². The summed E-state index contributed by atoms with van der Waals surface area (Å²) in [6.07, 6.45) is 3.21. The quantitative estimate of drug-likeness (QED) is 0.910. The Bertz CT molecular complexity index is 547. The summed E-state index contributed by atoms with van der Waals surface area (Å²) in [7, 11) is 1.62. The van der Waals surface area contributed by atoms with Crippen LogP contribution in [0.5, 0.6) is 5.88 Å². The molecule has 1 aliphatic carbocycles.